The number of oxime groups is 1. The molecule has 4 aliphatic carbocycles. The first-order valence-corrected chi connectivity index (χ1v) is 14.9. The van der Waals surface area contributed by atoms with Gasteiger partial charge in [-0.05, 0) is 107 Å². The maximum absolute atomic E-state index is 6.54. The minimum absolute atomic E-state index is 0.304. The van der Waals surface area contributed by atoms with Crippen LogP contribution in [-0.4, -0.2) is 27.2 Å². The van der Waals surface area contributed by atoms with Crippen molar-refractivity contribution in [3.05, 3.63) is 0 Å². The maximum atomic E-state index is 6.54. The normalized spacial score (nSPS) is 48.7. The molecule has 0 heterocycles. The Hall–Kier alpha value is -0.353. The highest BCUT2D eigenvalue weighted by atomic mass is 28.4. The van der Waals surface area contributed by atoms with Crippen molar-refractivity contribution in [2.24, 2.45) is 39.7 Å². The van der Waals surface area contributed by atoms with E-state index in [1.165, 1.54) is 57.1 Å². The summed E-state index contributed by atoms with van der Waals surface area (Å²) in [5.74, 6) is 3.54. The predicted octanol–water partition coefficient (Wildman–Crippen LogP) is 6.25. The molecule has 0 aliphatic heterocycles. The van der Waals surface area contributed by atoms with Gasteiger partial charge >= 0.3 is 0 Å². The summed E-state index contributed by atoms with van der Waals surface area (Å²) >= 11 is 0. The van der Waals surface area contributed by atoms with Crippen molar-refractivity contribution in [1.82, 2.24) is 0 Å². The van der Waals surface area contributed by atoms with Crippen LogP contribution in [0, 0.1) is 34.5 Å². The summed E-state index contributed by atoms with van der Waals surface area (Å²) in [5.41, 5.74) is 2.21. The molecule has 0 saturated heterocycles. The molecule has 4 fully saturated rings. The van der Waals surface area contributed by atoms with Crippen LogP contribution in [0.1, 0.15) is 71.6 Å². The van der Waals surface area contributed by atoms with E-state index in [0.29, 0.717) is 16.9 Å². The summed E-state index contributed by atoms with van der Waals surface area (Å²) in [6.07, 6.45) is 12.6. The molecule has 3 unspecified atom stereocenters. The highest BCUT2D eigenvalue weighted by Crippen LogP contribution is 2.65. The molecule has 0 aromatic carbocycles. The van der Waals surface area contributed by atoms with Crippen LogP contribution in [0.3, 0.4) is 0 Å². The quantitative estimate of drug-likeness (QED) is 0.420. The second kappa shape index (κ2) is 6.86. The van der Waals surface area contributed by atoms with Gasteiger partial charge in [0.1, 0.15) is 7.11 Å². The van der Waals surface area contributed by atoms with Crippen molar-refractivity contribution in [2.45, 2.75) is 97.4 Å². The Morgan fingerprint density at radius 2 is 1.74 bits per heavy atom. The molecular weight excluding hydrogens is 350 g/mol. The number of hydrogen-bond donors (Lipinski definition) is 0. The van der Waals surface area contributed by atoms with Crippen LogP contribution < -0.4 is 0 Å². The predicted molar refractivity (Wildman–Crippen MR) is 114 cm³/mol. The summed E-state index contributed by atoms with van der Waals surface area (Å²) in [6.45, 7) is 12.2. The van der Waals surface area contributed by atoms with Gasteiger partial charge in [0.05, 0.1) is 5.71 Å². The van der Waals surface area contributed by atoms with Crippen LogP contribution in [0.25, 0.3) is 0 Å². The Morgan fingerprint density at radius 1 is 0.963 bits per heavy atom. The van der Waals surface area contributed by atoms with E-state index in [9.17, 15) is 0 Å². The van der Waals surface area contributed by atoms with Crippen LogP contribution in [0.5, 0.6) is 0 Å². The number of nitrogens with zero attached hydrogens (tertiary/aromatic N) is 1. The van der Waals surface area contributed by atoms with Crippen molar-refractivity contribution in [3.8, 4) is 0 Å². The Morgan fingerprint density at radius 3 is 2.44 bits per heavy atom. The molecule has 4 heteroatoms. The molecule has 0 aromatic heterocycles. The Labute approximate surface area is 167 Å². The van der Waals surface area contributed by atoms with Gasteiger partial charge in [0.2, 0.25) is 0 Å². The minimum atomic E-state index is -1.43. The minimum Gasteiger partial charge on any atom is -0.415 e. The van der Waals surface area contributed by atoms with E-state index in [0.717, 1.165) is 30.1 Å². The van der Waals surface area contributed by atoms with Crippen LogP contribution in [0.2, 0.25) is 19.6 Å². The average molecular weight is 392 g/mol. The van der Waals surface area contributed by atoms with E-state index in [1.54, 1.807) is 7.11 Å². The van der Waals surface area contributed by atoms with Crippen molar-refractivity contribution < 1.29 is 9.26 Å². The Kier molecular flexibility index (Phi) is 5.07. The van der Waals surface area contributed by atoms with E-state index in [4.69, 9.17) is 9.26 Å². The van der Waals surface area contributed by atoms with Crippen molar-refractivity contribution in [3.63, 3.8) is 0 Å². The molecule has 27 heavy (non-hydrogen) atoms. The van der Waals surface area contributed by atoms with Gasteiger partial charge in [-0.1, -0.05) is 19.0 Å². The first kappa shape index (κ1) is 19.9. The highest BCUT2D eigenvalue weighted by molar-refractivity contribution is 6.69. The van der Waals surface area contributed by atoms with Gasteiger partial charge in [0, 0.05) is 11.5 Å². The third-order valence-corrected chi connectivity index (χ3v) is 10.1. The van der Waals surface area contributed by atoms with Gasteiger partial charge in [0.15, 0.2) is 8.32 Å². The summed E-state index contributed by atoms with van der Waals surface area (Å²) in [7, 11) is 0.283. The summed E-state index contributed by atoms with van der Waals surface area (Å²) in [5, 5.41) is 4.46. The molecule has 3 nitrogen and oxygen atoms in total. The summed E-state index contributed by atoms with van der Waals surface area (Å²) in [6, 6.07) is 0. The van der Waals surface area contributed by atoms with Gasteiger partial charge in [-0.2, -0.15) is 0 Å². The molecule has 0 amide bonds. The van der Waals surface area contributed by atoms with Crippen molar-refractivity contribution in [2.75, 3.05) is 7.11 Å². The average Bonchev–Trinajstić information content (AvgIpc) is 2.91. The van der Waals surface area contributed by atoms with Gasteiger partial charge in [0.25, 0.3) is 0 Å². The molecule has 0 aromatic rings. The lowest BCUT2D eigenvalue weighted by Gasteiger charge is -2.60. The van der Waals surface area contributed by atoms with Gasteiger partial charge in [-0.25, -0.2) is 0 Å². The zero-order valence-electron chi connectivity index (χ0n) is 18.5. The lowest BCUT2D eigenvalue weighted by Crippen LogP contribution is -2.54. The smallest absolute Gasteiger partial charge is 0.184 e. The molecule has 0 spiro atoms. The van der Waals surface area contributed by atoms with Gasteiger partial charge in [-0.3, -0.25) is 0 Å². The zero-order valence-corrected chi connectivity index (χ0v) is 19.5. The Balaban J connectivity index is 1.52. The first-order chi connectivity index (χ1) is 12.7. The number of rotatable bonds is 3. The monoisotopic (exact) mass is 391 g/mol. The van der Waals surface area contributed by atoms with E-state index in [2.05, 4.69) is 38.6 Å². The number of fused-ring (bicyclic) bond motifs is 5. The third-order valence-electron chi connectivity index (χ3n) is 9.08. The molecule has 4 rings (SSSR count). The van der Waals surface area contributed by atoms with Crippen LogP contribution in [0.15, 0.2) is 5.16 Å². The molecule has 154 valence electrons. The van der Waals surface area contributed by atoms with Crippen LogP contribution >= 0.6 is 0 Å². The van der Waals surface area contributed by atoms with Crippen LogP contribution in [0.4, 0.5) is 0 Å². The fourth-order valence-corrected chi connectivity index (χ4v) is 9.09. The molecule has 0 bridgehead atoms. The van der Waals surface area contributed by atoms with E-state index in [1.807, 2.05) is 0 Å². The maximum Gasteiger partial charge on any atom is 0.184 e. The number of hydrogen-bond acceptors (Lipinski definition) is 3. The topological polar surface area (TPSA) is 30.8 Å². The van der Waals surface area contributed by atoms with Crippen LogP contribution in [-0.2, 0) is 9.26 Å². The molecule has 0 N–H and O–H groups in total. The summed E-state index contributed by atoms with van der Waals surface area (Å²) < 4.78 is 6.54. The largest absolute Gasteiger partial charge is 0.415 e. The fourth-order valence-electron chi connectivity index (χ4n) is 7.87. The molecule has 4 aliphatic rings. The van der Waals surface area contributed by atoms with Gasteiger partial charge in [-0.15, -0.1) is 0 Å². The zero-order chi connectivity index (χ0) is 19.4. The van der Waals surface area contributed by atoms with Crippen molar-refractivity contribution in [1.29, 1.82) is 0 Å². The first-order valence-electron chi connectivity index (χ1n) is 11.5. The molecule has 7 atom stereocenters. The SMILES string of the molecule is CO/N=C1\CCC2C3CC[C@H]4C[C@@H](O[Si](C)(C)C)CC[C@]4(C)C3CC[C@]12C. The highest BCUT2D eigenvalue weighted by Gasteiger charge is 2.59. The molecule has 0 radical (unpaired) electrons. The van der Waals surface area contributed by atoms with Crippen molar-refractivity contribution >= 4 is 14.0 Å². The van der Waals surface area contributed by atoms with Gasteiger partial charge < -0.3 is 9.26 Å². The third kappa shape index (κ3) is 3.33. The van der Waals surface area contributed by atoms with E-state index >= 15 is 0 Å². The van der Waals surface area contributed by atoms with E-state index < -0.39 is 8.32 Å². The fraction of sp³-hybridized carbons (Fsp3) is 0.957. The lowest BCUT2D eigenvalue weighted by molar-refractivity contribution is -0.111. The lowest BCUT2D eigenvalue weighted by atomic mass is 9.45. The second-order valence-corrected chi connectivity index (χ2v) is 16.0. The molecular formula is C23H41NO2Si. The second-order valence-electron chi connectivity index (χ2n) is 11.5. The van der Waals surface area contributed by atoms with E-state index in [-0.39, 0.29) is 0 Å². The summed E-state index contributed by atoms with van der Waals surface area (Å²) in [4.78, 5) is 5.21. The standard InChI is InChI=1S/C23H41NO2Si/c1-22-13-11-17(26-27(4,5)6)15-16(22)7-8-18-19-9-10-21(24-25-3)23(19,2)14-12-20(18)22/h16-20H,7-15H2,1-6H3/b24-21+/t16-,17-,18?,19?,20?,22-,23-/m0/s1. The Bertz CT molecular complexity index is 600. The molecule has 4 saturated carbocycles.